The van der Waals surface area contributed by atoms with Gasteiger partial charge in [0, 0.05) is 26.2 Å². The molecule has 0 aliphatic carbocycles. The topological polar surface area (TPSA) is 156 Å². The molecule has 2 aromatic carbocycles. The molecule has 1 fully saturated rings. The van der Waals surface area contributed by atoms with Crippen molar-refractivity contribution < 1.29 is 54.1 Å². The molecule has 0 unspecified atom stereocenters. The number of fused-ring (bicyclic) bond motifs is 1. The Kier molecular flexibility index (Phi) is 9.85. The van der Waals surface area contributed by atoms with Gasteiger partial charge < -0.3 is 24.8 Å². The quantitative estimate of drug-likeness (QED) is 0.234. The van der Waals surface area contributed by atoms with Crippen LogP contribution in [0.5, 0.6) is 11.5 Å². The molecule has 4 aromatic rings. The van der Waals surface area contributed by atoms with Crippen LogP contribution in [0, 0.1) is 0 Å². The van der Waals surface area contributed by atoms with Crippen molar-refractivity contribution in [3.05, 3.63) is 70.6 Å². The van der Waals surface area contributed by atoms with Crippen LogP contribution < -0.4 is 25.2 Å². The van der Waals surface area contributed by atoms with Crippen molar-refractivity contribution in [3.8, 4) is 11.5 Å². The standard InChI is InChI=1S/C27H24F6N6O7S2/c28-26(29,30)45-17-3-1-16(2-4-17)13-34-23(41)20-15-37(25-36-22-21(47-25)14-35-38(11-12-40)24(22)42)9-10-39(20)48(43,44)19-7-5-18(6-8-19)46-27(31,32)33/h1-8,14,20,40H,9-13,15H2,(H,34,41)/t20-/m1/s1. The van der Waals surface area contributed by atoms with Crippen molar-refractivity contribution >= 4 is 42.6 Å². The zero-order chi connectivity index (χ0) is 34.9. The van der Waals surface area contributed by atoms with Gasteiger partial charge in [0.1, 0.15) is 17.5 Å². The summed E-state index contributed by atoms with van der Waals surface area (Å²) in [4.78, 5) is 31.9. The number of benzene rings is 2. The Morgan fingerprint density at radius 2 is 1.58 bits per heavy atom. The number of hydrogen-bond donors (Lipinski definition) is 2. The van der Waals surface area contributed by atoms with Gasteiger partial charge in [-0.15, -0.1) is 26.3 Å². The molecule has 258 valence electrons. The van der Waals surface area contributed by atoms with E-state index in [1.807, 2.05) is 0 Å². The van der Waals surface area contributed by atoms with Gasteiger partial charge in [0.15, 0.2) is 10.6 Å². The fourth-order valence-corrected chi connectivity index (χ4v) is 7.28. The molecule has 13 nitrogen and oxygen atoms in total. The lowest BCUT2D eigenvalue weighted by Crippen LogP contribution is -2.60. The number of carbonyl (C=O) groups is 1. The lowest BCUT2D eigenvalue weighted by atomic mass is 10.1. The van der Waals surface area contributed by atoms with Crippen molar-refractivity contribution in [1.82, 2.24) is 24.4 Å². The highest BCUT2D eigenvalue weighted by molar-refractivity contribution is 7.89. The molecule has 1 amide bonds. The Labute approximate surface area is 271 Å². The third-order valence-electron chi connectivity index (χ3n) is 6.90. The van der Waals surface area contributed by atoms with E-state index in [2.05, 4.69) is 24.9 Å². The number of hydrogen-bond acceptors (Lipinski definition) is 11. The van der Waals surface area contributed by atoms with Gasteiger partial charge in [-0.1, -0.05) is 23.5 Å². The Morgan fingerprint density at radius 3 is 2.17 bits per heavy atom. The largest absolute Gasteiger partial charge is 0.573 e. The molecule has 1 atom stereocenters. The molecule has 2 N–H and O–H groups in total. The second-order valence-corrected chi connectivity index (χ2v) is 13.0. The number of rotatable bonds is 10. The molecular weight excluding hydrogens is 698 g/mol. The van der Waals surface area contributed by atoms with E-state index >= 15 is 0 Å². The predicted molar refractivity (Wildman–Crippen MR) is 157 cm³/mol. The third kappa shape index (κ3) is 8.14. The first kappa shape index (κ1) is 34.9. The second kappa shape index (κ2) is 13.6. The summed E-state index contributed by atoms with van der Waals surface area (Å²) in [5, 5.41) is 16.0. The van der Waals surface area contributed by atoms with E-state index < -0.39 is 56.7 Å². The van der Waals surface area contributed by atoms with E-state index in [0.29, 0.717) is 10.3 Å². The third-order valence-corrected chi connectivity index (χ3v) is 9.87. The summed E-state index contributed by atoms with van der Waals surface area (Å²) in [7, 11) is -4.49. The molecule has 1 aliphatic rings. The average Bonchev–Trinajstić information content (AvgIpc) is 3.46. The number of ether oxygens (including phenoxy) is 2. The van der Waals surface area contributed by atoms with E-state index in [0.717, 1.165) is 56.7 Å². The van der Waals surface area contributed by atoms with Crippen LogP contribution in [0.15, 0.2) is 64.4 Å². The molecule has 0 radical (unpaired) electrons. The minimum atomic E-state index is -5.01. The van der Waals surface area contributed by atoms with Crippen LogP contribution in [0.2, 0.25) is 0 Å². The van der Waals surface area contributed by atoms with Crippen LogP contribution in [0.25, 0.3) is 10.2 Å². The SMILES string of the molecule is O=C(NCc1ccc(OC(F)(F)F)cc1)[C@H]1CN(c2nc3c(=O)n(CCO)ncc3s2)CCN1S(=O)(=O)c1ccc(OC(F)(F)F)cc1. The number of anilines is 1. The maximum absolute atomic E-state index is 13.7. The lowest BCUT2D eigenvalue weighted by Gasteiger charge is -2.39. The summed E-state index contributed by atoms with van der Waals surface area (Å²) in [6.45, 7) is -1.17. The highest BCUT2D eigenvalue weighted by atomic mass is 32.2. The number of aromatic nitrogens is 3. The zero-order valence-corrected chi connectivity index (χ0v) is 25.9. The minimum Gasteiger partial charge on any atom is -0.406 e. The van der Waals surface area contributed by atoms with Gasteiger partial charge in [-0.3, -0.25) is 9.59 Å². The summed E-state index contributed by atoms with van der Waals surface area (Å²) in [6, 6.07) is 6.62. The Balaban J connectivity index is 1.41. The number of nitrogens with one attached hydrogen (secondary N) is 1. The van der Waals surface area contributed by atoms with Crippen molar-refractivity contribution in [1.29, 1.82) is 0 Å². The molecule has 0 spiro atoms. The maximum Gasteiger partial charge on any atom is 0.573 e. The average molecular weight is 723 g/mol. The van der Waals surface area contributed by atoms with Crippen molar-refractivity contribution in [2.45, 2.75) is 36.8 Å². The molecular formula is C27H24F6N6O7S2. The Bertz CT molecular complexity index is 1930. The van der Waals surface area contributed by atoms with Crippen LogP contribution in [0.3, 0.4) is 0 Å². The number of sulfonamides is 1. The molecule has 0 bridgehead atoms. The Morgan fingerprint density at radius 1 is 0.979 bits per heavy atom. The van der Waals surface area contributed by atoms with Gasteiger partial charge in [-0.05, 0) is 42.0 Å². The normalized spacial score (nSPS) is 16.2. The zero-order valence-electron chi connectivity index (χ0n) is 24.2. The summed E-state index contributed by atoms with van der Waals surface area (Å²) in [5.41, 5.74) is -0.157. The second-order valence-electron chi connectivity index (χ2n) is 10.1. The molecule has 21 heteroatoms. The van der Waals surface area contributed by atoms with Crippen molar-refractivity contribution in [2.24, 2.45) is 0 Å². The fraction of sp³-hybridized carbons (Fsp3) is 0.333. The number of halogens is 6. The molecule has 1 saturated heterocycles. The van der Waals surface area contributed by atoms with Gasteiger partial charge in [-0.25, -0.2) is 18.1 Å². The summed E-state index contributed by atoms with van der Waals surface area (Å²) in [5.74, 6) is -1.95. The summed E-state index contributed by atoms with van der Waals surface area (Å²) < 4.78 is 113. The molecule has 5 rings (SSSR count). The fourth-order valence-electron chi connectivity index (χ4n) is 4.75. The smallest absolute Gasteiger partial charge is 0.406 e. The van der Waals surface area contributed by atoms with Crippen LogP contribution in [-0.4, -0.2) is 83.5 Å². The van der Waals surface area contributed by atoms with Crippen LogP contribution in [0.4, 0.5) is 31.5 Å². The number of thiazole rings is 1. The molecule has 2 aromatic heterocycles. The minimum absolute atomic E-state index is 0.00295. The summed E-state index contributed by atoms with van der Waals surface area (Å²) >= 11 is 1.06. The maximum atomic E-state index is 13.7. The van der Waals surface area contributed by atoms with Gasteiger partial charge >= 0.3 is 12.7 Å². The molecule has 3 heterocycles. The van der Waals surface area contributed by atoms with Crippen molar-refractivity contribution in [3.63, 3.8) is 0 Å². The first-order valence-corrected chi connectivity index (χ1v) is 16.0. The van der Waals surface area contributed by atoms with Gasteiger partial charge in [-0.2, -0.15) is 9.40 Å². The lowest BCUT2D eigenvalue weighted by molar-refractivity contribution is -0.275. The first-order chi connectivity index (χ1) is 22.5. The van der Waals surface area contributed by atoms with E-state index in [1.54, 1.807) is 4.90 Å². The van der Waals surface area contributed by atoms with Gasteiger partial charge in [0.2, 0.25) is 15.9 Å². The molecule has 1 aliphatic heterocycles. The number of nitrogens with zero attached hydrogens (tertiary/aromatic N) is 5. The number of carbonyl (C=O) groups excluding carboxylic acids is 1. The number of aliphatic hydroxyl groups excluding tert-OH is 1. The van der Waals surface area contributed by atoms with E-state index in [1.165, 1.54) is 18.3 Å². The molecule has 0 saturated carbocycles. The number of amides is 1. The Hall–Kier alpha value is -4.47. The van der Waals surface area contributed by atoms with Gasteiger partial charge in [0.05, 0.1) is 28.9 Å². The monoisotopic (exact) mass is 722 g/mol. The number of aliphatic hydroxyl groups is 1. The molecule has 48 heavy (non-hydrogen) atoms. The number of alkyl halides is 6. The van der Waals surface area contributed by atoms with Crippen molar-refractivity contribution in [2.75, 3.05) is 31.1 Å². The predicted octanol–water partition coefficient (Wildman–Crippen LogP) is 2.84. The summed E-state index contributed by atoms with van der Waals surface area (Å²) in [6.07, 6.45) is -8.53. The van der Waals surface area contributed by atoms with Crippen LogP contribution in [0.1, 0.15) is 5.56 Å². The van der Waals surface area contributed by atoms with E-state index in [9.17, 15) is 49.5 Å². The number of piperazine rings is 1. The van der Waals surface area contributed by atoms with E-state index in [4.69, 9.17) is 0 Å². The van der Waals surface area contributed by atoms with Gasteiger partial charge in [0.25, 0.3) is 5.56 Å². The van der Waals surface area contributed by atoms with Crippen LogP contribution >= 0.6 is 11.3 Å². The van der Waals surface area contributed by atoms with Crippen LogP contribution in [-0.2, 0) is 27.9 Å². The first-order valence-electron chi connectivity index (χ1n) is 13.8. The highest BCUT2D eigenvalue weighted by Gasteiger charge is 2.41. The van der Waals surface area contributed by atoms with E-state index in [-0.39, 0.29) is 50.0 Å². The highest BCUT2D eigenvalue weighted by Crippen LogP contribution is 2.31.